The van der Waals surface area contributed by atoms with Crippen molar-refractivity contribution in [3.8, 4) is 0 Å². The number of hydrogen-bond acceptors (Lipinski definition) is 4. The standard InChI is InChI=1S/C43H37N3O3/c1-28-37(42(47)46(44-28)35-22-18-33(19-23-35)43(48)49)26-30-17-24-41-39(27-30)36-13-8-14-40(36)45(41)34-20-15-29(16-21-34)25-38(31-9-4-2-5-10-31)32-11-6-3-7-12-32/h2-7,9-12,15-28,36,40,44H,8,13-14H2,1H3,(H,48,49)/b37-26-. The van der Waals surface area contributed by atoms with Crippen molar-refractivity contribution in [2.75, 3.05) is 9.91 Å². The molecule has 3 aliphatic rings. The van der Waals surface area contributed by atoms with Gasteiger partial charge in [-0.25, -0.2) is 15.2 Å². The first-order chi connectivity index (χ1) is 23.9. The number of benzene rings is 5. The van der Waals surface area contributed by atoms with Gasteiger partial charge in [-0.15, -0.1) is 0 Å². The second-order valence-corrected chi connectivity index (χ2v) is 13.1. The highest BCUT2D eigenvalue weighted by molar-refractivity contribution is 6.11. The third-order valence-corrected chi connectivity index (χ3v) is 10.1. The molecule has 0 aromatic heterocycles. The minimum Gasteiger partial charge on any atom is -0.478 e. The summed E-state index contributed by atoms with van der Waals surface area (Å²) in [5.41, 5.74) is 14.3. The number of carboxylic acids is 1. The fraction of sp³-hybridized carbons (Fsp3) is 0.163. The lowest BCUT2D eigenvalue weighted by atomic mass is 9.95. The van der Waals surface area contributed by atoms with Crippen LogP contribution in [-0.2, 0) is 4.79 Å². The van der Waals surface area contributed by atoms with Crippen LogP contribution in [-0.4, -0.2) is 29.1 Å². The molecule has 5 aromatic rings. The van der Waals surface area contributed by atoms with Crippen molar-refractivity contribution in [1.82, 2.24) is 5.43 Å². The number of fused-ring (bicyclic) bond motifs is 3. The van der Waals surface area contributed by atoms with Crippen LogP contribution in [0, 0.1) is 0 Å². The van der Waals surface area contributed by atoms with Crippen molar-refractivity contribution in [1.29, 1.82) is 0 Å². The normalized spacial score (nSPS) is 20.4. The minimum atomic E-state index is -0.994. The third-order valence-electron chi connectivity index (χ3n) is 10.1. The van der Waals surface area contributed by atoms with Gasteiger partial charge in [0.05, 0.1) is 17.3 Å². The fourth-order valence-corrected chi connectivity index (χ4v) is 7.71. The molecular formula is C43H37N3O3. The molecule has 3 atom stereocenters. The summed E-state index contributed by atoms with van der Waals surface area (Å²) in [6.07, 6.45) is 7.78. The molecule has 8 rings (SSSR count). The van der Waals surface area contributed by atoms with Gasteiger partial charge in [0.1, 0.15) is 0 Å². The van der Waals surface area contributed by atoms with Gasteiger partial charge in [-0.2, -0.15) is 0 Å². The number of nitrogens with zero attached hydrogens (tertiary/aromatic N) is 2. The Labute approximate surface area is 286 Å². The number of carboxylic acid groups (broad SMARTS) is 1. The van der Waals surface area contributed by atoms with Gasteiger partial charge in [0.2, 0.25) is 0 Å². The predicted molar refractivity (Wildman–Crippen MR) is 197 cm³/mol. The second kappa shape index (κ2) is 12.7. The first-order valence-electron chi connectivity index (χ1n) is 17.0. The van der Waals surface area contributed by atoms with Crippen LogP contribution in [0.15, 0.2) is 133 Å². The smallest absolute Gasteiger partial charge is 0.335 e. The molecule has 6 heteroatoms. The molecule has 0 radical (unpaired) electrons. The number of carbonyl (C=O) groups excluding carboxylic acids is 1. The highest BCUT2D eigenvalue weighted by Crippen LogP contribution is 2.52. The van der Waals surface area contributed by atoms with Gasteiger partial charge in [0, 0.05) is 28.9 Å². The van der Waals surface area contributed by atoms with Gasteiger partial charge < -0.3 is 10.0 Å². The number of carbonyl (C=O) groups is 2. The fourth-order valence-electron chi connectivity index (χ4n) is 7.71. The zero-order valence-electron chi connectivity index (χ0n) is 27.3. The Bertz CT molecular complexity index is 2050. The molecule has 1 amide bonds. The van der Waals surface area contributed by atoms with Crippen molar-refractivity contribution < 1.29 is 14.7 Å². The molecule has 1 aliphatic carbocycles. The SMILES string of the molecule is CC1NN(c2ccc(C(=O)O)cc2)C(=O)/C1=C\c1ccc2c(c1)C1CCCC1N2c1ccc(C=C(c2ccccc2)c2ccccc2)cc1. The van der Waals surface area contributed by atoms with E-state index < -0.39 is 5.97 Å². The monoisotopic (exact) mass is 643 g/mol. The van der Waals surface area contributed by atoms with Crippen molar-refractivity contribution in [2.24, 2.45) is 0 Å². The predicted octanol–water partition coefficient (Wildman–Crippen LogP) is 9.08. The van der Waals surface area contributed by atoms with Gasteiger partial charge in [-0.05, 0) is 114 Å². The van der Waals surface area contributed by atoms with Gasteiger partial charge in [0.25, 0.3) is 5.91 Å². The Hall–Kier alpha value is -5.72. The lowest BCUT2D eigenvalue weighted by Gasteiger charge is -2.27. The van der Waals surface area contributed by atoms with Crippen LogP contribution in [0.25, 0.3) is 17.7 Å². The molecule has 242 valence electrons. The van der Waals surface area contributed by atoms with Crippen LogP contribution in [0.3, 0.4) is 0 Å². The van der Waals surface area contributed by atoms with Crippen LogP contribution in [0.1, 0.15) is 70.3 Å². The molecular weight excluding hydrogens is 606 g/mol. The Balaban J connectivity index is 1.07. The average molecular weight is 644 g/mol. The quantitative estimate of drug-likeness (QED) is 0.137. The van der Waals surface area contributed by atoms with E-state index in [4.69, 9.17) is 0 Å². The maximum atomic E-state index is 13.5. The second-order valence-electron chi connectivity index (χ2n) is 13.1. The molecule has 3 unspecified atom stereocenters. The zero-order chi connectivity index (χ0) is 33.5. The lowest BCUT2D eigenvalue weighted by Crippen LogP contribution is -2.36. The molecule has 2 aliphatic heterocycles. The number of nitrogens with one attached hydrogen (secondary N) is 1. The summed E-state index contributed by atoms with van der Waals surface area (Å²) >= 11 is 0. The molecule has 49 heavy (non-hydrogen) atoms. The Morgan fingerprint density at radius 2 is 1.39 bits per heavy atom. The lowest BCUT2D eigenvalue weighted by molar-refractivity contribution is -0.114. The maximum absolute atomic E-state index is 13.5. The Kier molecular flexibility index (Phi) is 7.94. The van der Waals surface area contributed by atoms with E-state index in [1.165, 1.54) is 57.2 Å². The number of rotatable bonds is 7. The largest absolute Gasteiger partial charge is 0.478 e. The topological polar surface area (TPSA) is 72.9 Å². The number of amides is 1. The summed E-state index contributed by atoms with van der Waals surface area (Å²) in [7, 11) is 0. The van der Waals surface area contributed by atoms with Crippen molar-refractivity contribution >= 4 is 46.7 Å². The maximum Gasteiger partial charge on any atom is 0.335 e. The van der Waals surface area contributed by atoms with Crippen LogP contribution in [0.2, 0.25) is 0 Å². The van der Waals surface area contributed by atoms with Crippen LogP contribution < -0.4 is 15.3 Å². The summed E-state index contributed by atoms with van der Waals surface area (Å²) in [4.78, 5) is 27.3. The highest BCUT2D eigenvalue weighted by Gasteiger charge is 2.42. The van der Waals surface area contributed by atoms with E-state index in [1.54, 1.807) is 12.1 Å². The average Bonchev–Trinajstić information content (AvgIpc) is 3.81. The van der Waals surface area contributed by atoms with E-state index in [1.807, 2.05) is 13.0 Å². The minimum absolute atomic E-state index is 0.131. The summed E-state index contributed by atoms with van der Waals surface area (Å²) < 4.78 is 0. The van der Waals surface area contributed by atoms with E-state index >= 15 is 0 Å². The van der Waals surface area contributed by atoms with Crippen molar-refractivity contribution in [2.45, 2.75) is 44.2 Å². The summed E-state index contributed by atoms with van der Waals surface area (Å²) in [6.45, 7) is 1.97. The summed E-state index contributed by atoms with van der Waals surface area (Å²) in [6, 6.07) is 43.2. The van der Waals surface area contributed by atoms with E-state index in [2.05, 4.69) is 120 Å². The highest BCUT2D eigenvalue weighted by atomic mass is 16.4. The number of hydrogen-bond donors (Lipinski definition) is 2. The molecule has 2 heterocycles. The van der Waals surface area contributed by atoms with E-state index in [0.29, 0.717) is 23.2 Å². The van der Waals surface area contributed by atoms with Gasteiger partial charge in [-0.1, -0.05) is 85.3 Å². The van der Waals surface area contributed by atoms with Crippen LogP contribution >= 0.6 is 0 Å². The third kappa shape index (κ3) is 5.74. The molecule has 2 fully saturated rings. The number of aromatic carboxylic acids is 1. The van der Waals surface area contributed by atoms with E-state index in [9.17, 15) is 14.7 Å². The molecule has 0 spiro atoms. The van der Waals surface area contributed by atoms with Crippen LogP contribution in [0.5, 0.6) is 0 Å². The summed E-state index contributed by atoms with van der Waals surface area (Å²) in [5, 5.41) is 10.8. The van der Waals surface area contributed by atoms with E-state index in [0.717, 1.165) is 24.0 Å². The Morgan fingerprint density at radius 3 is 2.04 bits per heavy atom. The summed E-state index contributed by atoms with van der Waals surface area (Å²) in [5.74, 6) is -0.672. The molecule has 2 N–H and O–H groups in total. The van der Waals surface area contributed by atoms with E-state index in [-0.39, 0.29) is 17.5 Å². The molecule has 1 saturated carbocycles. The first kappa shape index (κ1) is 30.6. The Morgan fingerprint density at radius 1 is 0.755 bits per heavy atom. The molecule has 0 bridgehead atoms. The zero-order valence-corrected chi connectivity index (χ0v) is 27.3. The van der Waals surface area contributed by atoms with Gasteiger partial charge in [0.15, 0.2) is 0 Å². The van der Waals surface area contributed by atoms with Crippen molar-refractivity contribution in [3.05, 3.63) is 166 Å². The van der Waals surface area contributed by atoms with Crippen LogP contribution in [0.4, 0.5) is 17.1 Å². The molecule has 5 aromatic carbocycles. The first-order valence-corrected chi connectivity index (χ1v) is 17.0. The van der Waals surface area contributed by atoms with Crippen molar-refractivity contribution in [3.63, 3.8) is 0 Å². The van der Waals surface area contributed by atoms with Gasteiger partial charge in [-0.3, -0.25) is 4.79 Å². The molecule has 1 saturated heterocycles. The number of hydrazine groups is 1. The van der Waals surface area contributed by atoms with Gasteiger partial charge >= 0.3 is 5.97 Å². The molecule has 6 nitrogen and oxygen atoms in total. The number of anilines is 3.